The van der Waals surface area contributed by atoms with Crippen molar-refractivity contribution >= 4 is 34.6 Å². The molecule has 1 heterocycles. The first kappa shape index (κ1) is 13.2. The smallest absolute Gasteiger partial charge is 0.257 e. The van der Waals surface area contributed by atoms with Crippen molar-refractivity contribution in [2.75, 3.05) is 16.8 Å². The minimum Gasteiger partial charge on any atom is -0.399 e. The lowest BCUT2D eigenvalue weighted by Crippen LogP contribution is -2.15. The number of anilines is 3. The van der Waals surface area contributed by atoms with Gasteiger partial charge in [0.25, 0.3) is 5.91 Å². The highest BCUT2D eigenvalue weighted by Crippen LogP contribution is 2.22. The van der Waals surface area contributed by atoms with Crippen molar-refractivity contribution in [2.24, 2.45) is 0 Å². The normalized spacial score (nSPS) is 10.2. The minimum atomic E-state index is -0.355. The van der Waals surface area contributed by atoms with E-state index in [2.05, 4.69) is 10.3 Å². The number of hydrogen-bond donors (Lipinski definition) is 3. The Labute approximate surface area is 115 Å². The molecule has 2 rings (SSSR count). The van der Waals surface area contributed by atoms with E-state index in [0.717, 1.165) is 5.56 Å². The molecule has 5 nitrogen and oxygen atoms in total. The number of hydrogen-bond acceptors (Lipinski definition) is 4. The number of aryl methyl sites for hydroxylation is 1. The van der Waals surface area contributed by atoms with Gasteiger partial charge in [-0.05, 0) is 36.8 Å². The highest BCUT2D eigenvalue weighted by molar-refractivity contribution is 6.32. The van der Waals surface area contributed by atoms with Crippen molar-refractivity contribution in [1.29, 1.82) is 0 Å². The van der Waals surface area contributed by atoms with Crippen LogP contribution >= 0.6 is 11.6 Å². The van der Waals surface area contributed by atoms with Gasteiger partial charge in [0.15, 0.2) is 5.15 Å². The molecule has 1 aromatic carbocycles. The molecule has 0 spiro atoms. The van der Waals surface area contributed by atoms with Crippen LogP contribution in [0.15, 0.2) is 30.5 Å². The number of carbonyl (C=O) groups is 1. The van der Waals surface area contributed by atoms with E-state index >= 15 is 0 Å². The van der Waals surface area contributed by atoms with E-state index in [0.29, 0.717) is 22.6 Å². The number of rotatable bonds is 2. The van der Waals surface area contributed by atoms with Crippen LogP contribution < -0.4 is 16.8 Å². The molecular weight excluding hydrogens is 264 g/mol. The molecule has 0 aliphatic carbocycles. The van der Waals surface area contributed by atoms with Gasteiger partial charge in [0.1, 0.15) is 0 Å². The van der Waals surface area contributed by atoms with E-state index < -0.39 is 0 Å². The summed E-state index contributed by atoms with van der Waals surface area (Å²) >= 11 is 5.92. The van der Waals surface area contributed by atoms with Gasteiger partial charge in [0.05, 0.1) is 11.3 Å². The van der Waals surface area contributed by atoms with Crippen LogP contribution in [-0.4, -0.2) is 10.9 Å². The fourth-order valence-electron chi connectivity index (χ4n) is 1.62. The van der Waals surface area contributed by atoms with Crippen molar-refractivity contribution in [3.63, 3.8) is 0 Å². The van der Waals surface area contributed by atoms with Crippen molar-refractivity contribution in [2.45, 2.75) is 6.92 Å². The summed E-state index contributed by atoms with van der Waals surface area (Å²) in [4.78, 5) is 16.1. The molecule has 0 radical (unpaired) electrons. The maximum Gasteiger partial charge on any atom is 0.257 e. The number of carbonyl (C=O) groups excluding carboxylic acids is 1. The van der Waals surface area contributed by atoms with Crippen LogP contribution in [0.5, 0.6) is 0 Å². The Morgan fingerprint density at radius 1 is 1.32 bits per heavy atom. The number of nitrogens with zero attached hydrogens (tertiary/aromatic N) is 1. The number of benzene rings is 1. The zero-order valence-corrected chi connectivity index (χ0v) is 11.0. The molecule has 0 fully saturated rings. The number of halogens is 1. The van der Waals surface area contributed by atoms with Crippen LogP contribution in [0.25, 0.3) is 0 Å². The van der Waals surface area contributed by atoms with Gasteiger partial charge in [0.2, 0.25) is 0 Å². The number of pyridine rings is 1. The maximum atomic E-state index is 12.1. The van der Waals surface area contributed by atoms with Gasteiger partial charge in [-0.15, -0.1) is 0 Å². The summed E-state index contributed by atoms with van der Waals surface area (Å²) in [5.41, 5.74) is 13.8. The Morgan fingerprint density at radius 2 is 2.05 bits per heavy atom. The van der Waals surface area contributed by atoms with Crippen LogP contribution in [-0.2, 0) is 0 Å². The van der Waals surface area contributed by atoms with Gasteiger partial charge in [0, 0.05) is 17.6 Å². The quantitative estimate of drug-likeness (QED) is 0.580. The van der Waals surface area contributed by atoms with Gasteiger partial charge in [-0.3, -0.25) is 4.79 Å². The molecule has 0 saturated heterocycles. The number of amides is 1. The number of nitrogen functional groups attached to an aromatic ring is 2. The molecule has 0 bridgehead atoms. The Hall–Kier alpha value is -2.27. The monoisotopic (exact) mass is 276 g/mol. The molecule has 5 N–H and O–H groups in total. The third-order valence-corrected chi connectivity index (χ3v) is 2.85. The topological polar surface area (TPSA) is 94.0 Å². The molecule has 19 heavy (non-hydrogen) atoms. The molecule has 0 saturated carbocycles. The summed E-state index contributed by atoms with van der Waals surface area (Å²) in [5, 5.41) is 2.90. The maximum absolute atomic E-state index is 12.1. The molecule has 0 unspecified atom stereocenters. The molecular formula is C13H13ClN4O. The predicted octanol–water partition coefficient (Wildman–Crippen LogP) is 2.46. The lowest BCUT2D eigenvalue weighted by molar-refractivity contribution is 0.102. The fraction of sp³-hybridized carbons (Fsp3) is 0.0769. The molecule has 0 atom stereocenters. The summed E-state index contributed by atoms with van der Waals surface area (Å²) < 4.78 is 0. The van der Waals surface area contributed by atoms with Crippen LogP contribution in [0.1, 0.15) is 15.9 Å². The summed E-state index contributed by atoms with van der Waals surface area (Å²) in [6.07, 6.45) is 1.62. The van der Waals surface area contributed by atoms with E-state index in [1.165, 1.54) is 6.07 Å². The first-order valence-corrected chi connectivity index (χ1v) is 5.93. The SMILES string of the molecule is Cc1cnc(Cl)c(NC(=O)c2ccc(N)cc2N)c1. The van der Waals surface area contributed by atoms with Crippen LogP contribution in [0.2, 0.25) is 5.15 Å². The zero-order valence-electron chi connectivity index (χ0n) is 10.3. The Kier molecular flexibility index (Phi) is 3.57. The first-order valence-electron chi connectivity index (χ1n) is 5.56. The number of nitrogens with one attached hydrogen (secondary N) is 1. The molecule has 0 aliphatic rings. The average Bonchev–Trinajstić information content (AvgIpc) is 2.33. The largest absolute Gasteiger partial charge is 0.399 e. The second-order valence-corrected chi connectivity index (χ2v) is 4.51. The average molecular weight is 277 g/mol. The Balaban J connectivity index is 2.28. The van der Waals surface area contributed by atoms with E-state index in [1.54, 1.807) is 24.4 Å². The second-order valence-electron chi connectivity index (χ2n) is 4.15. The summed E-state index contributed by atoms with van der Waals surface area (Å²) in [6.45, 7) is 1.86. The van der Waals surface area contributed by atoms with Crippen LogP contribution in [0, 0.1) is 6.92 Å². The Bertz CT molecular complexity index is 643. The molecule has 0 aliphatic heterocycles. The summed E-state index contributed by atoms with van der Waals surface area (Å²) in [7, 11) is 0. The molecule has 1 aromatic heterocycles. The van der Waals surface area contributed by atoms with E-state index in [4.69, 9.17) is 23.1 Å². The van der Waals surface area contributed by atoms with Gasteiger partial charge in [-0.2, -0.15) is 0 Å². The van der Waals surface area contributed by atoms with Crippen molar-refractivity contribution in [1.82, 2.24) is 4.98 Å². The number of nitrogens with two attached hydrogens (primary N) is 2. The second kappa shape index (κ2) is 5.16. The van der Waals surface area contributed by atoms with Crippen molar-refractivity contribution < 1.29 is 4.79 Å². The lowest BCUT2D eigenvalue weighted by Gasteiger charge is -2.09. The third-order valence-electron chi connectivity index (χ3n) is 2.54. The van der Waals surface area contributed by atoms with Gasteiger partial charge < -0.3 is 16.8 Å². The zero-order chi connectivity index (χ0) is 14.0. The molecule has 2 aromatic rings. The standard InChI is InChI=1S/C13H13ClN4O/c1-7-4-11(12(14)17-6-7)18-13(19)9-3-2-8(15)5-10(9)16/h2-6H,15-16H2,1H3,(H,18,19). The van der Waals surface area contributed by atoms with Crippen LogP contribution in [0.3, 0.4) is 0 Å². The van der Waals surface area contributed by atoms with E-state index in [9.17, 15) is 4.79 Å². The minimum absolute atomic E-state index is 0.230. The lowest BCUT2D eigenvalue weighted by atomic mass is 10.1. The van der Waals surface area contributed by atoms with Crippen molar-refractivity contribution in [3.8, 4) is 0 Å². The van der Waals surface area contributed by atoms with Gasteiger partial charge >= 0.3 is 0 Å². The number of aromatic nitrogens is 1. The highest BCUT2D eigenvalue weighted by atomic mass is 35.5. The molecule has 1 amide bonds. The predicted molar refractivity (Wildman–Crippen MR) is 77.2 cm³/mol. The van der Waals surface area contributed by atoms with Crippen LogP contribution in [0.4, 0.5) is 17.1 Å². The van der Waals surface area contributed by atoms with E-state index in [1.807, 2.05) is 6.92 Å². The van der Waals surface area contributed by atoms with Crippen molar-refractivity contribution in [3.05, 3.63) is 46.7 Å². The van der Waals surface area contributed by atoms with Gasteiger partial charge in [-0.25, -0.2) is 4.98 Å². The third kappa shape index (κ3) is 2.95. The summed E-state index contributed by atoms with van der Waals surface area (Å²) in [5.74, 6) is -0.355. The Morgan fingerprint density at radius 3 is 2.74 bits per heavy atom. The van der Waals surface area contributed by atoms with Gasteiger partial charge in [-0.1, -0.05) is 11.6 Å². The molecule has 6 heteroatoms. The summed E-state index contributed by atoms with van der Waals surface area (Å²) in [6, 6.07) is 6.45. The molecule has 98 valence electrons. The van der Waals surface area contributed by atoms with E-state index in [-0.39, 0.29) is 11.1 Å². The first-order chi connectivity index (χ1) is 8.97. The highest BCUT2D eigenvalue weighted by Gasteiger charge is 2.12. The fourth-order valence-corrected chi connectivity index (χ4v) is 1.77.